The summed E-state index contributed by atoms with van der Waals surface area (Å²) in [6.45, 7) is 0.0490. The fraction of sp³-hybridized carbons (Fsp3) is 0.545. The molecule has 2 saturated heterocycles. The number of aromatic amines is 1. The first-order valence-electron chi connectivity index (χ1n) is 6.98. The number of nitrogens with zero attached hydrogens (tertiary/aromatic N) is 3. The molecular formula is C11H14N5O6PS. The molecule has 11 nitrogen and oxygen atoms in total. The Hall–Kier alpha value is -1.43. The Morgan fingerprint density at radius 1 is 1.50 bits per heavy atom. The van der Waals surface area contributed by atoms with Crippen LogP contribution < -0.4 is 11.3 Å². The van der Waals surface area contributed by atoms with Gasteiger partial charge in [0.2, 0.25) is 5.95 Å². The minimum absolute atomic E-state index is 0.0490. The van der Waals surface area contributed by atoms with Gasteiger partial charge in [0.05, 0.1) is 6.61 Å². The van der Waals surface area contributed by atoms with Crippen LogP contribution in [0.2, 0.25) is 0 Å². The normalized spacial score (nSPS) is 33.0. The van der Waals surface area contributed by atoms with Gasteiger partial charge in [-0.1, -0.05) is 11.8 Å². The first-order valence-corrected chi connectivity index (χ1v) is 9.43. The van der Waals surface area contributed by atoms with Crippen molar-refractivity contribution in [2.75, 3.05) is 18.6 Å². The van der Waals surface area contributed by atoms with Crippen LogP contribution in [0.5, 0.6) is 0 Å². The van der Waals surface area contributed by atoms with Crippen molar-refractivity contribution in [3.05, 3.63) is 10.4 Å². The standard InChI is InChI=1S/C11H14N5O6PS/c1-24-11-13-4-7(14-10(12)15-8(4)18)16(11)9-5(17)6-3(21-9)2-20-23(19)22-6/h3,5-6,9,17,23H,2H2,1H3,(H3,12,14,15,18)/t3?,5?,6-,9-/m1/s1. The van der Waals surface area contributed by atoms with Crippen molar-refractivity contribution in [2.45, 2.75) is 29.7 Å². The molecule has 5 atom stereocenters. The van der Waals surface area contributed by atoms with Crippen LogP contribution in [0.4, 0.5) is 5.95 Å². The van der Waals surface area contributed by atoms with E-state index in [-0.39, 0.29) is 23.7 Å². The van der Waals surface area contributed by atoms with Gasteiger partial charge >= 0.3 is 8.25 Å². The van der Waals surface area contributed by atoms with Crippen molar-refractivity contribution in [3.8, 4) is 0 Å². The second-order valence-electron chi connectivity index (χ2n) is 5.29. The summed E-state index contributed by atoms with van der Waals surface area (Å²) in [4.78, 5) is 22.7. The molecule has 13 heteroatoms. The van der Waals surface area contributed by atoms with E-state index in [1.807, 2.05) is 0 Å². The van der Waals surface area contributed by atoms with Gasteiger partial charge in [0.1, 0.15) is 18.3 Å². The van der Waals surface area contributed by atoms with E-state index in [4.69, 9.17) is 19.5 Å². The zero-order valence-electron chi connectivity index (χ0n) is 12.3. The van der Waals surface area contributed by atoms with Gasteiger partial charge in [0.25, 0.3) is 5.56 Å². The predicted molar refractivity (Wildman–Crippen MR) is 84.1 cm³/mol. The molecule has 4 N–H and O–H groups in total. The van der Waals surface area contributed by atoms with Gasteiger partial charge in [-0.15, -0.1) is 0 Å². The number of aromatic nitrogens is 4. The molecule has 2 aliphatic heterocycles. The maximum Gasteiger partial charge on any atom is 0.319 e. The van der Waals surface area contributed by atoms with Gasteiger partial charge in [-0.3, -0.25) is 18.9 Å². The van der Waals surface area contributed by atoms with E-state index in [0.717, 1.165) is 0 Å². The van der Waals surface area contributed by atoms with E-state index in [1.165, 1.54) is 16.3 Å². The summed E-state index contributed by atoms with van der Waals surface area (Å²) in [6, 6.07) is 0. The highest BCUT2D eigenvalue weighted by Crippen LogP contribution is 2.43. The lowest BCUT2D eigenvalue weighted by molar-refractivity contribution is -0.0583. The third kappa shape index (κ3) is 2.38. The van der Waals surface area contributed by atoms with E-state index in [2.05, 4.69) is 15.0 Å². The summed E-state index contributed by atoms with van der Waals surface area (Å²) in [7, 11) is -2.65. The Labute approximate surface area is 139 Å². The molecular weight excluding hydrogens is 361 g/mol. The number of nitrogens with two attached hydrogens (primary N) is 1. The number of imidazole rings is 1. The van der Waals surface area contributed by atoms with Gasteiger partial charge in [0, 0.05) is 0 Å². The highest BCUT2D eigenvalue weighted by molar-refractivity contribution is 7.98. The van der Waals surface area contributed by atoms with E-state index in [1.54, 1.807) is 6.26 Å². The maximum absolute atomic E-state index is 12.0. The molecule has 4 heterocycles. The molecule has 0 spiro atoms. The third-order valence-corrected chi connectivity index (χ3v) is 5.40. The number of hydrogen-bond acceptors (Lipinski definition) is 10. The predicted octanol–water partition coefficient (Wildman–Crippen LogP) is -0.513. The largest absolute Gasteiger partial charge is 0.386 e. The summed E-state index contributed by atoms with van der Waals surface area (Å²) in [5.41, 5.74) is 5.41. The van der Waals surface area contributed by atoms with E-state index in [9.17, 15) is 14.5 Å². The number of nitrogen functional groups attached to an aromatic ring is 1. The molecule has 0 bridgehead atoms. The van der Waals surface area contributed by atoms with Crippen LogP contribution >= 0.6 is 20.0 Å². The lowest BCUT2D eigenvalue weighted by atomic mass is 10.1. The fourth-order valence-electron chi connectivity index (χ4n) is 2.86. The van der Waals surface area contributed by atoms with Crippen molar-refractivity contribution in [1.29, 1.82) is 0 Å². The van der Waals surface area contributed by atoms with Gasteiger partial charge in [-0.05, 0) is 6.26 Å². The molecule has 0 saturated carbocycles. The lowest BCUT2D eigenvalue weighted by Crippen LogP contribution is -2.37. The zero-order chi connectivity index (χ0) is 17.0. The van der Waals surface area contributed by atoms with Crippen LogP contribution in [0.3, 0.4) is 0 Å². The second-order valence-corrected chi connectivity index (χ2v) is 7.09. The molecule has 24 heavy (non-hydrogen) atoms. The Morgan fingerprint density at radius 2 is 2.29 bits per heavy atom. The topological polar surface area (TPSA) is 155 Å². The van der Waals surface area contributed by atoms with Gasteiger partial charge in [-0.2, -0.15) is 4.98 Å². The molecule has 2 aliphatic rings. The van der Waals surface area contributed by atoms with Crippen molar-refractivity contribution in [1.82, 2.24) is 19.5 Å². The van der Waals surface area contributed by atoms with E-state index in [0.29, 0.717) is 5.16 Å². The number of H-pyrrole nitrogens is 1. The van der Waals surface area contributed by atoms with Crippen LogP contribution in [-0.2, 0) is 18.3 Å². The Bertz CT molecular complexity index is 886. The number of thioether (sulfide) groups is 1. The minimum Gasteiger partial charge on any atom is -0.386 e. The smallest absolute Gasteiger partial charge is 0.319 e. The highest BCUT2D eigenvalue weighted by atomic mass is 32.2. The van der Waals surface area contributed by atoms with Crippen molar-refractivity contribution >= 4 is 37.1 Å². The van der Waals surface area contributed by atoms with Crippen LogP contribution in [-0.4, -0.2) is 55.8 Å². The molecule has 2 fully saturated rings. The third-order valence-electron chi connectivity index (χ3n) is 3.88. The van der Waals surface area contributed by atoms with Crippen LogP contribution in [0.15, 0.2) is 9.95 Å². The monoisotopic (exact) mass is 375 g/mol. The van der Waals surface area contributed by atoms with Crippen LogP contribution in [0.1, 0.15) is 6.23 Å². The summed E-state index contributed by atoms with van der Waals surface area (Å²) >= 11 is 1.26. The van der Waals surface area contributed by atoms with Crippen molar-refractivity contribution < 1.29 is 23.5 Å². The molecule has 2 aromatic rings. The minimum atomic E-state index is -2.65. The maximum atomic E-state index is 12.0. The summed E-state index contributed by atoms with van der Waals surface area (Å²) in [6.07, 6.45) is -1.65. The first-order chi connectivity index (χ1) is 11.5. The molecule has 0 aliphatic carbocycles. The van der Waals surface area contributed by atoms with E-state index < -0.39 is 38.4 Å². The summed E-state index contributed by atoms with van der Waals surface area (Å²) in [5.74, 6) is -0.0733. The molecule has 2 aromatic heterocycles. The molecule has 3 unspecified atom stereocenters. The molecule has 130 valence electrons. The summed E-state index contributed by atoms with van der Waals surface area (Å²) in [5, 5.41) is 11.0. The molecule has 0 radical (unpaired) electrons. The summed E-state index contributed by atoms with van der Waals surface area (Å²) < 4.78 is 28.9. The number of nitrogens with one attached hydrogen (secondary N) is 1. The zero-order valence-corrected chi connectivity index (χ0v) is 14.1. The SMILES string of the molecule is CSc1nc2c(=O)[nH]c(N)nc2n1[C@@H]1OC2CO[PH](=O)O[C@H]2C1O. The second kappa shape index (κ2) is 5.83. The van der Waals surface area contributed by atoms with Crippen molar-refractivity contribution in [2.24, 2.45) is 0 Å². The van der Waals surface area contributed by atoms with Crippen LogP contribution in [0, 0.1) is 0 Å². The molecule has 4 rings (SSSR count). The van der Waals surface area contributed by atoms with Crippen LogP contribution in [0.25, 0.3) is 11.2 Å². The van der Waals surface area contributed by atoms with E-state index >= 15 is 0 Å². The molecule has 0 aromatic carbocycles. The number of aliphatic hydroxyl groups is 1. The Kier molecular flexibility index (Phi) is 3.90. The van der Waals surface area contributed by atoms with Gasteiger partial charge in [-0.25, -0.2) is 4.98 Å². The number of anilines is 1. The Morgan fingerprint density at radius 3 is 3.04 bits per heavy atom. The Balaban J connectivity index is 1.84. The number of aliphatic hydroxyl groups excluding tert-OH is 1. The highest BCUT2D eigenvalue weighted by Gasteiger charge is 2.50. The van der Waals surface area contributed by atoms with Gasteiger partial charge < -0.3 is 24.6 Å². The quantitative estimate of drug-likeness (QED) is 0.461. The average molecular weight is 375 g/mol. The number of fused-ring (bicyclic) bond motifs is 2. The first kappa shape index (κ1) is 16.1. The number of hydrogen-bond donors (Lipinski definition) is 3. The number of ether oxygens (including phenoxy) is 1. The average Bonchev–Trinajstić information content (AvgIpc) is 3.05. The van der Waals surface area contributed by atoms with Gasteiger partial charge in [0.15, 0.2) is 22.5 Å². The lowest BCUT2D eigenvalue weighted by Gasteiger charge is -2.24. The number of rotatable bonds is 2. The fourth-order valence-corrected chi connectivity index (χ4v) is 4.31. The van der Waals surface area contributed by atoms with Crippen molar-refractivity contribution in [3.63, 3.8) is 0 Å². The molecule has 0 amide bonds.